The fourth-order valence-electron chi connectivity index (χ4n) is 11.3. The molecule has 0 unspecified atom stereocenters. The lowest BCUT2D eigenvalue weighted by molar-refractivity contribution is -0.153. The van der Waals surface area contributed by atoms with Crippen molar-refractivity contribution in [1.82, 2.24) is 0 Å². The largest absolute Gasteiger partial charge is 0.481 e. The predicted molar refractivity (Wildman–Crippen MR) is 193 cm³/mol. The first-order chi connectivity index (χ1) is 23.0. The third-order valence-corrected chi connectivity index (χ3v) is 13.9. The topological polar surface area (TPSA) is 65.7 Å². The Hall–Kier alpha value is -3.08. The van der Waals surface area contributed by atoms with E-state index in [2.05, 4.69) is 40.7 Å². The Morgan fingerprint density at radius 1 is 0.938 bits per heavy atom. The minimum Gasteiger partial charge on any atom is -0.481 e. The maximum absolute atomic E-state index is 13.1. The number of hydrogen-bond acceptors (Lipinski definition) is 5. The van der Waals surface area contributed by atoms with Crippen molar-refractivity contribution in [1.29, 1.82) is 0 Å². The maximum Gasteiger partial charge on any atom is 0.344 e. The van der Waals surface area contributed by atoms with E-state index in [1.807, 2.05) is 37.3 Å². The Kier molecular flexibility index (Phi) is 9.04. The summed E-state index contributed by atoms with van der Waals surface area (Å²) >= 11 is 0. The summed E-state index contributed by atoms with van der Waals surface area (Å²) in [6.45, 7) is 14.2. The van der Waals surface area contributed by atoms with Crippen molar-refractivity contribution >= 4 is 27.7 Å². The standard InChI is InChI=1S/C43H56O5/c1-26(2)10-9-11-27(3)35-17-18-36-34-15-14-29-24-30(20-22-42(29,5)37(34)21-23-43(35,36)6)47-39(44)25-46-38-19-16-32-31-12-7-8-13-33(31)41(45)48-40(32)28(38)4/h7-8,12-14,16,19,26-27,30,34-37H,9-11,15,17-18,20-25H2,1-6H3/t27-,30+,34+,35-,36-,37-,42+,43-/m1/s1. The van der Waals surface area contributed by atoms with E-state index in [4.69, 9.17) is 13.9 Å². The van der Waals surface area contributed by atoms with E-state index in [0.29, 0.717) is 27.7 Å². The van der Waals surface area contributed by atoms with Gasteiger partial charge in [-0.15, -0.1) is 0 Å². The second kappa shape index (κ2) is 13.0. The molecule has 8 atom stereocenters. The molecule has 5 nitrogen and oxygen atoms in total. The van der Waals surface area contributed by atoms with Gasteiger partial charge in [-0.3, -0.25) is 0 Å². The first kappa shape index (κ1) is 33.4. The van der Waals surface area contributed by atoms with Gasteiger partial charge in [-0.1, -0.05) is 83.7 Å². The van der Waals surface area contributed by atoms with Crippen LogP contribution in [0, 0.1) is 53.3 Å². The molecular formula is C43H56O5. The Morgan fingerprint density at radius 3 is 2.52 bits per heavy atom. The molecule has 258 valence electrons. The molecule has 0 aliphatic heterocycles. The molecule has 0 N–H and O–H groups in total. The number of ether oxygens (including phenoxy) is 2. The van der Waals surface area contributed by atoms with Crippen LogP contribution in [0.4, 0.5) is 0 Å². The average Bonchev–Trinajstić information content (AvgIpc) is 3.42. The van der Waals surface area contributed by atoms with Gasteiger partial charge in [-0.05, 0) is 122 Å². The molecule has 3 saturated carbocycles. The number of benzene rings is 2. The van der Waals surface area contributed by atoms with E-state index < -0.39 is 0 Å². The van der Waals surface area contributed by atoms with E-state index in [-0.39, 0.29) is 29.7 Å². The molecule has 0 amide bonds. The summed E-state index contributed by atoms with van der Waals surface area (Å²) in [4.78, 5) is 25.7. The van der Waals surface area contributed by atoms with Gasteiger partial charge >= 0.3 is 11.6 Å². The highest BCUT2D eigenvalue weighted by atomic mass is 16.6. The molecule has 0 saturated heterocycles. The van der Waals surface area contributed by atoms with Gasteiger partial charge in [-0.2, -0.15) is 0 Å². The highest BCUT2D eigenvalue weighted by Crippen LogP contribution is 2.67. The minimum absolute atomic E-state index is 0.101. The number of hydrogen-bond donors (Lipinski definition) is 0. The second-order valence-corrected chi connectivity index (χ2v) is 16.9. The van der Waals surface area contributed by atoms with E-state index in [0.717, 1.165) is 65.5 Å². The van der Waals surface area contributed by atoms with Crippen LogP contribution in [0.25, 0.3) is 21.7 Å². The fourth-order valence-corrected chi connectivity index (χ4v) is 11.3. The van der Waals surface area contributed by atoms with Gasteiger partial charge in [-0.25, -0.2) is 9.59 Å². The lowest BCUT2D eigenvalue weighted by atomic mass is 9.47. The highest BCUT2D eigenvalue weighted by molar-refractivity contribution is 6.05. The van der Waals surface area contributed by atoms with E-state index in [1.165, 1.54) is 56.9 Å². The number of rotatable bonds is 9. The number of carbonyl (C=O) groups excluding carboxylic acids is 1. The molecule has 2 aromatic carbocycles. The Morgan fingerprint density at radius 2 is 1.73 bits per heavy atom. The van der Waals surface area contributed by atoms with E-state index >= 15 is 0 Å². The van der Waals surface area contributed by atoms with Crippen molar-refractivity contribution < 1.29 is 18.7 Å². The fraction of sp³-hybridized carbons (Fsp3) is 0.628. The maximum atomic E-state index is 13.1. The zero-order valence-corrected chi connectivity index (χ0v) is 30.1. The summed E-state index contributed by atoms with van der Waals surface area (Å²) in [6.07, 6.45) is 16.2. The predicted octanol–water partition coefficient (Wildman–Crippen LogP) is 10.6. The quantitative estimate of drug-likeness (QED) is 0.0996. The molecule has 48 heavy (non-hydrogen) atoms. The summed E-state index contributed by atoms with van der Waals surface area (Å²) in [7, 11) is 0. The van der Waals surface area contributed by atoms with Crippen LogP contribution in [0.5, 0.6) is 5.75 Å². The van der Waals surface area contributed by atoms with Gasteiger partial charge < -0.3 is 13.9 Å². The highest BCUT2D eigenvalue weighted by Gasteiger charge is 2.59. The first-order valence-corrected chi connectivity index (χ1v) is 19.0. The Labute approximate surface area is 286 Å². The number of fused-ring (bicyclic) bond motifs is 8. The van der Waals surface area contributed by atoms with Gasteiger partial charge in [0.25, 0.3) is 0 Å². The van der Waals surface area contributed by atoms with Crippen LogP contribution in [0.2, 0.25) is 0 Å². The van der Waals surface area contributed by atoms with Crippen LogP contribution in [-0.4, -0.2) is 18.7 Å². The molecule has 1 heterocycles. The minimum atomic E-state index is -0.373. The van der Waals surface area contributed by atoms with Crippen LogP contribution in [0.3, 0.4) is 0 Å². The molecule has 3 aromatic rings. The Bertz CT molecular complexity index is 1770. The lowest BCUT2D eigenvalue weighted by Crippen LogP contribution is -2.51. The zero-order chi connectivity index (χ0) is 33.8. The number of carbonyl (C=O) groups is 1. The third-order valence-electron chi connectivity index (χ3n) is 13.9. The molecule has 0 bridgehead atoms. The van der Waals surface area contributed by atoms with E-state index in [9.17, 15) is 9.59 Å². The van der Waals surface area contributed by atoms with Gasteiger partial charge in [0, 0.05) is 17.4 Å². The molecule has 0 spiro atoms. The molecular weight excluding hydrogens is 596 g/mol. The van der Waals surface area contributed by atoms with Crippen molar-refractivity contribution in [3.8, 4) is 5.75 Å². The molecule has 5 heteroatoms. The second-order valence-electron chi connectivity index (χ2n) is 16.9. The normalized spacial score (nSPS) is 32.0. The molecule has 4 aliphatic carbocycles. The number of allylic oxidation sites excluding steroid dienone is 1. The molecule has 1 aromatic heterocycles. The number of aryl methyl sites for hydroxylation is 1. The summed E-state index contributed by atoms with van der Waals surface area (Å²) in [5.74, 6) is 5.10. The molecule has 4 aliphatic rings. The van der Waals surface area contributed by atoms with Crippen molar-refractivity contribution in [2.45, 2.75) is 118 Å². The molecule has 3 fully saturated rings. The van der Waals surface area contributed by atoms with Crippen LogP contribution in [0.15, 0.2) is 57.3 Å². The number of esters is 1. The molecule has 0 radical (unpaired) electrons. The summed E-state index contributed by atoms with van der Waals surface area (Å²) in [5.41, 5.74) is 3.07. The van der Waals surface area contributed by atoms with Gasteiger partial charge in [0.1, 0.15) is 17.4 Å². The van der Waals surface area contributed by atoms with Crippen LogP contribution >= 0.6 is 0 Å². The monoisotopic (exact) mass is 652 g/mol. The van der Waals surface area contributed by atoms with Crippen LogP contribution in [0.1, 0.15) is 111 Å². The van der Waals surface area contributed by atoms with Crippen molar-refractivity contribution in [3.05, 3.63) is 64.0 Å². The summed E-state index contributed by atoms with van der Waals surface area (Å²) in [6, 6.07) is 11.2. The van der Waals surface area contributed by atoms with Gasteiger partial charge in [0.05, 0.1) is 5.39 Å². The van der Waals surface area contributed by atoms with Crippen LogP contribution in [-0.2, 0) is 9.53 Å². The van der Waals surface area contributed by atoms with Crippen molar-refractivity contribution in [2.75, 3.05) is 6.61 Å². The van der Waals surface area contributed by atoms with Crippen molar-refractivity contribution in [3.63, 3.8) is 0 Å². The lowest BCUT2D eigenvalue weighted by Gasteiger charge is -2.58. The van der Waals surface area contributed by atoms with Gasteiger partial charge in [0.2, 0.25) is 0 Å². The average molecular weight is 653 g/mol. The first-order valence-electron chi connectivity index (χ1n) is 19.0. The SMILES string of the molecule is Cc1c(OCC(=O)O[C@H]2CC[C@@]3(C)C(=CC[C@H]4[C@H]5CC[C@H]([C@H](C)CCCC(C)C)[C@@]5(C)CC[C@H]43)C2)ccc2c1oc(=O)c1ccccc12. The van der Waals surface area contributed by atoms with Crippen molar-refractivity contribution in [2.24, 2.45) is 46.3 Å². The van der Waals surface area contributed by atoms with E-state index in [1.54, 1.807) is 6.07 Å². The summed E-state index contributed by atoms with van der Waals surface area (Å²) < 4.78 is 17.7. The molecule has 7 rings (SSSR count). The van der Waals surface area contributed by atoms with Crippen LogP contribution < -0.4 is 10.4 Å². The third kappa shape index (κ3) is 5.81. The smallest absolute Gasteiger partial charge is 0.344 e. The zero-order valence-electron chi connectivity index (χ0n) is 30.1. The van der Waals surface area contributed by atoms with Gasteiger partial charge in [0.15, 0.2) is 6.61 Å². The summed E-state index contributed by atoms with van der Waals surface area (Å²) in [5, 5.41) is 2.26. The Balaban J connectivity index is 0.974.